The van der Waals surface area contributed by atoms with Gasteiger partial charge < -0.3 is 15.3 Å². The van der Waals surface area contributed by atoms with Gasteiger partial charge in [-0.25, -0.2) is 4.79 Å². The molecule has 3 saturated carbocycles. The van der Waals surface area contributed by atoms with Gasteiger partial charge in [0.2, 0.25) is 0 Å². The van der Waals surface area contributed by atoms with Gasteiger partial charge in [-0.3, -0.25) is 0 Å². The molecular weight excluding hydrogens is 252 g/mol. The average molecular weight is 280 g/mol. The lowest BCUT2D eigenvalue weighted by molar-refractivity contribution is -0.0482. The van der Waals surface area contributed by atoms with Crippen molar-refractivity contribution in [3.63, 3.8) is 0 Å². The fourth-order valence-electron chi connectivity index (χ4n) is 4.02. The first-order chi connectivity index (χ1) is 9.53. The Labute approximate surface area is 121 Å². The Balaban J connectivity index is 1.46. The van der Waals surface area contributed by atoms with Gasteiger partial charge in [0.1, 0.15) is 0 Å². The highest BCUT2D eigenvalue weighted by molar-refractivity contribution is 5.74. The Morgan fingerprint density at radius 1 is 1.20 bits per heavy atom. The van der Waals surface area contributed by atoms with Crippen LogP contribution >= 0.6 is 0 Å². The maximum Gasteiger partial charge on any atom is 0.317 e. The van der Waals surface area contributed by atoms with Crippen LogP contribution in [0.15, 0.2) is 0 Å². The highest BCUT2D eigenvalue weighted by atomic mass is 16.3. The minimum atomic E-state index is -0.617. The van der Waals surface area contributed by atoms with E-state index in [2.05, 4.69) is 5.32 Å². The summed E-state index contributed by atoms with van der Waals surface area (Å²) in [6.45, 7) is 1.30. The van der Waals surface area contributed by atoms with E-state index in [1.54, 1.807) is 11.9 Å². The van der Waals surface area contributed by atoms with Crippen molar-refractivity contribution in [1.82, 2.24) is 10.2 Å². The predicted molar refractivity (Wildman–Crippen MR) is 78.5 cm³/mol. The number of rotatable bonds is 5. The smallest absolute Gasteiger partial charge is 0.317 e. The van der Waals surface area contributed by atoms with E-state index in [4.69, 9.17) is 0 Å². The second-order valence-electron chi connectivity index (χ2n) is 7.44. The Hall–Kier alpha value is -0.770. The van der Waals surface area contributed by atoms with Crippen molar-refractivity contribution in [1.29, 1.82) is 0 Å². The SMILES string of the molecule is CN(CC1(O)CCC1)C(=O)NCC1(C2CCC2)CCC1. The van der Waals surface area contributed by atoms with Gasteiger partial charge in [-0.1, -0.05) is 12.8 Å². The van der Waals surface area contributed by atoms with Crippen LogP contribution in [0.25, 0.3) is 0 Å². The molecule has 0 bridgehead atoms. The molecule has 2 N–H and O–H groups in total. The number of aliphatic hydroxyl groups is 1. The lowest BCUT2D eigenvalue weighted by Gasteiger charge is -2.52. The maximum atomic E-state index is 12.2. The monoisotopic (exact) mass is 280 g/mol. The largest absolute Gasteiger partial charge is 0.388 e. The number of carbonyl (C=O) groups is 1. The molecule has 0 spiro atoms. The van der Waals surface area contributed by atoms with Gasteiger partial charge >= 0.3 is 6.03 Å². The maximum absolute atomic E-state index is 12.2. The first-order valence-corrected chi connectivity index (χ1v) is 8.24. The molecule has 114 valence electrons. The van der Waals surface area contributed by atoms with E-state index in [0.29, 0.717) is 12.0 Å². The molecule has 0 heterocycles. The summed E-state index contributed by atoms with van der Waals surface area (Å²) in [7, 11) is 1.79. The summed E-state index contributed by atoms with van der Waals surface area (Å²) in [5, 5.41) is 13.2. The zero-order valence-corrected chi connectivity index (χ0v) is 12.7. The highest BCUT2D eigenvalue weighted by Crippen LogP contribution is 2.53. The number of likely N-dealkylation sites (N-methyl/N-ethyl adjacent to an activating group) is 1. The standard InChI is InChI=1S/C16H28N2O2/c1-18(12-16(20)9-4-10-16)14(19)17-11-15(7-3-8-15)13-5-2-6-13/h13,20H,2-12H2,1H3,(H,17,19). The molecule has 0 atom stereocenters. The van der Waals surface area contributed by atoms with Crippen molar-refractivity contribution in [2.24, 2.45) is 11.3 Å². The second-order valence-corrected chi connectivity index (χ2v) is 7.44. The number of urea groups is 1. The average Bonchev–Trinajstić information content (AvgIpc) is 2.27. The minimum Gasteiger partial charge on any atom is -0.388 e. The molecule has 0 unspecified atom stereocenters. The first kappa shape index (κ1) is 14.2. The van der Waals surface area contributed by atoms with Crippen molar-refractivity contribution in [3.05, 3.63) is 0 Å². The van der Waals surface area contributed by atoms with E-state index in [9.17, 15) is 9.90 Å². The third-order valence-electron chi connectivity index (χ3n) is 6.07. The molecule has 3 aliphatic carbocycles. The summed E-state index contributed by atoms with van der Waals surface area (Å²) in [5.41, 5.74) is -0.212. The van der Waals surface area contributed by atoms with Crippen LogP contribution in [-0.2, 0) is 0 Å². The Bertz CT molecular complexity index is 371. The van der Waals surface area contributed by atoms with Crippen LogP contribution in [0.3, 0.4) is 0 Å². The third kappa shape index (κ3) is 2.54. The Morgan fingerprint density at radius 3 is 2.25 bits per heavy atom. The van der Waals surface area contributed by atoms with E-state index in [1.807, 2.05) is 0 Å². The molecule has 20 heavy (non-hydrogen) atoms. The summed E-state index contributed by atoms with van der Waals surface area (Å²) in [5.74, 6) is 0.845. The van der Waals surface area contributed by atoms with E-state index >= 15 is 0 Å². The van der Waals surface area contributed by atoms with Gasteiger partial charge in [0.15, 0.2) is 0 Å². The molecule has 3 fully saturated rings. The van der Waals surface area contributed by atoms with Crippen LogP contribution in [0.5, 0.6) is 0 Å². The van der Waals surface area contributed by atoms with Crippen molar-refractivity contribution < 1.29 is 9.90 Å². The zero-order valence-electron chi connectivity index (χ0n) is 12.7. The number of amides is 2. The first-order valence-electron chi connectivity index (χ1n) is 8.24. The highest BCUT2D eigenvalue weighted by Gasteiger charge is 2.46. The van der Waals surface area contributed by atoms with E-state index < -0.39 is 5.60 Å². The molecule has 0 aromatic carbocycles. The van der Waals surface area contributed by atoms with Crippen molar-refractivity contribution in [2.45, 2.75) is 63.4 Å². The van der Waals surface area contributed by atoms with Gasteiger partial charge in [-0.2, -0.15) is 0 Å². The van der Waals surface area contributed by atoms with Gasteiger partial charge in [-0.15, -0.1) is 0 Å². The summed E-state index contributed by atoms with van der Waals surface area (Å²) < 4.78 is 0. The van der Waals surface area contributed by atoms with Crippen molar-refractivity contribution >= 4 is 6.03 Å². The van der Waals surface area contributed by atoms with Crippen molar-refractivity contribution in [3.8, 4) is 0 Å². The molecule has 0 aromatic rings. The van der Waals surface area contributed by atoms with Crippen molar-refractivity contribution in [2.75, 3.05) is 20.1 Å². The Kier molecular flexibility index (Phi) is 3.69. The normalized spacial score (nSPS) is 26.9. The molecule has 3 rings (SSSR count). The number of nitrogens with one attached hydrogen (secondary N) is 1. The van der Waals surface area contributed by atoms with Crippen LogP contribution in [0.2, 0.25) is 0 Å². The number of hydrogen-bond acceptors (Lipinski definition) is 2. The number of nitrogens with zero attached hydrogens (tertiary/aromatic N) is 1. The van der Waals surface area contributed by atoms with Crippen LogP contribution in [0.4, 0.5) is 4.79 Å². The predicted octanol–water partition coefficient (Wildman–Crippen LogP) is 2.51. The van der Waals surface area contributed by atoms with Crippen LogP contribution in [0.1, 0.15) is 57.8 Å². The van der Waals surface area contributed by atoms with Crippen LogP contribution in [-0.4, -0.2) is 41.8 Å². The van der Waals surface area contributed by atoms with Gasteiger partial charge in [0, 0.05) is 13.6 Å². The molecule has 3 aliphatic rings. The molecule has 0 aromatic heterocycles. The van der Waals surface area contributed by atoms with Crippen LogP contribution < -0.4 is 5.32 Å². The quantitative estimate of drug-likeness (QED) is 0.813. The molecule has 0 aliphatic heterocycles. The second kappa shape index (κ2) is 5.21. The summed E-state index contributed by atoms with van der Waals surface area (Å²) in [6, 6.07) is -0.0177. The van der Waals surface area contributed by atoms with E-state index in [1.165, 1.54) is 38.5 Å². The number of carbonyl (C=O) groups excluding carboxylic acids is 1. The molecule has 0 radical (unpaired) electrons. The fraction of sp³-hybridized carbons (Fsp3) is 0.938. The Morgan fingerprint density at radius 2 is 1.85 bits per heavy atom. The molecule has 4 heteroatoms. The zero-order chi connectivity index (χ0) is 14.2. The third-order valence-corrected chi connectivity index (χ3v) is 6.07. The summed E-state index contributed by atoms with van der Waals surface area (Å²) in [4.78, 5) is 13.8. The fourth-order valence-corrected chi connectivity index (χ4v) is 4.02. The van der Waals surface area contributed by atoms with Gasteiger partial charge in [0.25, 0.3) is 0 Å². The number of hydrogen-bond donors (Lipinski definition) is 2. The summed E-state index contributed by atoms with van der Waals surface area (Å²) in [6.07, 6.45) is 10.7. The molecule has 4 nitrogen and oxygen atoms in total. The van der Waals surface area contributed by atoms with Gasteiger partial charge in [0.05, 0.1) is 12.1 Å². The minimum absolute atomic E-state index is 0.0177. The lowest BCUT2D eigenvalue weighted by atomic mass is 9.55. The molecule has 2 amide bonds. The lowest BCUT2D eigenvalue weighted by Crippen LogP contribution is -2.54. The molecule has 0 saturated heterocycles. The summed E-state index contributed by atoms with van der Waals surface area (Å²) >= 11 is 0. The van der Waals surface area contributed by atoms with Gasteiger partial charge in [-0.05, 0) is 56.3 Å². The van der Waals surface area contributed by atoms with E-state index in [-0.39, 0.29) is 6.03 Å². The van der Waals surface area contributed by atoms with Crippen LogP contribution in [0, 0.1) is 11.3 Å². The van der Waals surface area contributed by atoms with E-state index in [0.717, 1.165) is 31.7 Å². The molecular formula is C16H28N2O2. The topological polar surface area (TPSA) is 52.6 Å².